The van der Waals surface area contributed by atoms with Gasteiger partial charge in [0.15, 0.2) is 0 Å². The standard InChI is InChI=1S/C20H20F3NO3/c1-24(11-13-4-3-5-16(8-13)20(21,22)23)19(25)15-9-14-10-17(26-2)6-7-18(14)27-12-15/h3-8,10,15H,9,11-12H2,1-2H3. The van der Waals surface area contributed by atoms with Gasteiger partial charge in [0.2, 0.25) is 5.91 Å². The van der Waals surface area contributed by atoms with Crippen LogP contribution in [0, 0.1) is 5.92 Å². The van der Waals surface area contributed by atoms with E-state index in [4.69, 9.17) is 9.47 Å². The Labute approximate surface area is 155 Å². The minimum Gasteiger partial charge on any atom is -0.497 e. The molecule has 1 aliphatic heterocycles. The molecule has 0 N–H and O–H groups in total. The molecule has 0 aliphatic carbocycles. The van der Waals surface area contributed by atoms with Crippen LogP contribution >= 0.6 is 0 Å². The van der Waals surface area contributed by atoms with Crippen molar-refractivity contribution >= 4 is 5.91 Å². The van der Waals surface area contributed by atoms with Crippen molar-refractivity contribution in [3.63, 3.8) is 0 Å². The van der Waals surface area contributed by atoms with E-state index in [1.807, 2.05) is 6.07 Å². The number of hydrogen-bond acceptors (Lipinski definition) is 3. The molecule has 0 radical (unpaired) electrons. The van der Waals surface area contributed by atoms with Gasteiger partial charge in [-0.05, 0) is 47.9 Å². The molecule has 144 valence electrons. The molecule has 7 heteroatoms. The van der Waals surface area contributed by atoms with Gasteiger partial charge in [0, 0.05) is 13.6 Å². The molecule has 1 unspecified atom stereocenters. The van der Waals surface area contributed by atoms with Crippen LogP contribution in [0.15, 0.2) is 42.5 Å². The molecular formula is C20H20F3NO3. The van der Waals surface area contributed by atoms with Gasteiger partial charge in [-0.25, -0.2) is 0 Å². The predicted molar refractivity (Wildman–Crippen MR) is 93.6 cm³/mol. The molecule has 2 aromatic carbocycles. The molecule has 3 rings (SSSR count). The number of amides is 1. The highest BCUT2D eigenvalue weighted by atomic mass is 19.4. The number of alkyl halides is 3. The van der Waals surface area contributed by atoms with Gasteiger partial charge >= 0.3 is 6.18 Å². The molecule has 0 bridgehead atoms. The van der Waals surface area contributed by atoms with Crippen LogP contribution in [0.3, 0.4) is 0 Å². The number of carbonyl (C=O) groups excluding carboxylic acids is 1. The van der Waals surface area contributed by atoms with Crippen molar-refractivity contribution < 1.29 is 27.4 Å². The number of methoxy groups -OCH3 is 1. The van der Waals surface area contributed by atoms with Crippen LogP contribution in [0.1, 0.15) is 16.7 Å². The molecule has 0 saturated heterocycles. The lowest BCUT2D eigenvalue weighted by molar-refractivity contribution is -0.137. The van der Waals surface area contributed by atoms with Gasteiger partial charge in [0.1, 0.15) is 18.1 Å². The molecule has 1 heterocycles. The van der Waals surface area contributed by atoms with Crippen LogP contribution in [0.2, 0.25) is 0 Å². The zero-order valence-corrected chi connectivity index (χ0v) is 15.0. The monoisotopic (exact) mass is 379 g/mol. The third-order valence-corrected chi connectivity index (χ3v) is 4.57. The van der Waals surface area contributed by atoms with E-state index in [0.29, 0.717) is 17.7 Å². The summed E-state index contributed by atoms with van der Waals surface area (Å²) in [6, 6.07) is 10.5. The Bertz CT molecular complexity index is 835. The van der Waals surface area contributed by atoms with Crippen LogP contribution in [0.4, 0.5) is 13.2 Å². The zero-order chi connectivity index (χ0) is 19.6. The maximum Gasteiger partial charge on any atom is 0.416 e. The number of rotatable bonds is 4. The summed E-state index contributed by atoms with van der Waals surface area (Å²) in [6.07, 6.45) is -3.91. The fourth-order valence-electron chi connectivity index (χ4n) is 3.17. The number of nitrogens with zero attached hydrogens (tertiary/aromatic N) is 1. The van der Waals surface area contributed by atoms with Crippen molar-refractivity contribution in [1.82, 2.24) is 4.90 Å². The minimum absolute atomic E-state index is 0.101. The first-order valence-electron chi connectivity index (χ1n) is 8.48. The largest absolute Gasteiger partial charge is 0.497 e. The third-order valence-electron chi connectivity index (χ3n) is 4.57. The second-order valence-corrected chi connectivity index (χ2v) is 6.58. The van der Waals surface area contributed by atoms with Gasteiger partial charge in [-0.2, -0.15) is 13.2 Å². The molecule has 0 spiro atoms. The fourth-order valence-corrected chi connectivity index (χ4v) is 3.17. The van der Waals surface area contributed by atoms with Gasteiger partial charge < -0.3 is 14.4 Å². The Balaban J connectivity index is 1.69. The average molecular weight is 379 g/mol. The summed E-state index contributed by atoms with van der Waals surface area (Å²) in [7, 11) is 3.15. The smallest absolute Gasteiger partial charge is 0.416 e. The Morgan fingerprint density at radius 1 is 1.26 bits per heavy atom. The van der Waals surface area contributed by atoms with Gasteiger partial charge in [-0.1, -0.05) is 12.1 Å². The van der Waals surface area contributed by atoms with Crippen LogP contribution in [0.5, 0.6) is 11.5 Å². The molecule has 1 amide bonds. The minimum atomic E-state index is -4.40. The second-order valence-electron chi connectivity index (χ2n) is 6.58. The second kappa shape index (κ2) is 7.50. The van der Waals surface area contributed by atoms with Crippen molar-refractivity contribution in [2.75, 3.05) is 20.8 Å². The lowest BCUT2D eigenvalue weighted by Gasteiger charge is -2.28. The maximum absolute atomic E-state index is 12.8. The molecule has 0 aromatic heterocycles. The number of ether oxygens (including phenoxy) is 2. The summed E-state index contributed by atoms with van der Waals surface area (Å²) in [6.45, 7) is 0.343. The van der Waals surface area contributed by atoms with E-state index < -0.39 is 11.7 Å². The van der Waals surface area contributed by atoms with Crippen molar-refractivity contribution in [2.45, 2.75) is 19.1 Å². The van der Waals surface area contributed by atoms with E-state index in [1.165, 1.54) is 11.0 Å². The Kier molecular flexibility index (Phi) is 5.30. The average Bonchev–Trinajstić information content (AvgIpc) is 2.66. The topological polar surface area (TPSA) is 38.8 Å². The quantitative estimate of drug-likeness (QED) is 0.808. The number of fused-ring (bicyclic) bond motifs is 1. The van der Waals surface area contributed by atoms with Crippen LogP contribution < -0.4 is 9.47 Å². The Hall–Kier alpha value is -2.70. The fraction of sp³-hybridized carbons (Fsp3) is 0.350. The van der Waals surface area contributed by atoms with Crippen molar-refractivity contribution in [3.8, 4) is 11.5 Å². The molecule has 1 aliphatic rings. The lowest BCUT2D eigenvalue weighted by Crippen LogP contribution is -2.38. The summed E-state index contributed by atoms with van der Waals surface area (Å²) in [4.78, 5) is 14.2. The summed E-state index contributed by atoms with van der Waals surface area (Å²) in [5.74, 6) is 0.851. The van der Waals surface area contributed by atoms with Gasteiger partial charge in [-0.15, -0.1) is 0 Å². The van der Waals surface area contributed by atoms with Crippen LogP contribution in [0.25, 0.3) is 0 Å². The summed E-state index contributed by atoms with van der Waals surface area (Å²) in [5, 5.41) is 0. The molecule has 1 atom stereocenters. The highest BCUT2D eigenvalue weighted by molar-refractivity contribution is 5.79. The number of halogens is 3. The third kappa shape index (κ3) is 4.35. The number of hydrogen-bond donors (Lipinski definition) is 0. The van der Waals surface area contributed by atoms with Crippen molar-refractivity contribution in [2.24, 2.45) is 5.92 Å². The van der Waals surface area contributed by atoms with E-state index >= 15 is 0 Å². The van der Waals surface area contributed by atoms with E-state index in [-0.39, 0.29) is 25.0 Å². The van der Waals surface area contributed by atoms with E-state index in [0.717, 1.165) is 23.4 Å². The molecule has 4 nitrogen and oxygen atoms in total. The Morgan fingerprint density at radius 2 is 2.04 bits per heavy atom. The SMILES string of the molecule is COc1ccc2c(c1)CC(C(=O)N(C)Cc1cccc(C(F)(F)F)c1)CO2. The summed E-state index contributed by atoms with van der Waals surface area (Å²) >= 11 is 0. The van der Waals surface area contributed by atoms with E-state index in [1.54, 1.807) is 32.4 Å². The molecule has 27 heavy (non-hydrogen) atoms. The molecule has 0 fully saturated rings. The molecular weight excluding hydrogens is 359 g/mol. The van der Waals surface area contributed by atoms with E-state index in [2.05, 4.69) is 0 Å². The lowest BCUT2D eigenvalue weighted by atomic mass is 9.95. The first kappa shape index (κ1) is 19.1. The number of carbonyl (C=O) groups is 1. The van der Waals surface area contributed by atoms with E-state index in [9.17, 15) is 18.0 Å². The zero-order valence-electron chi connectivity index (χ0n) is 15.0. The highest BCUT2D eigenvalue weighted by Crippen LogP contribution is 2.32. The van der Waals surface area contributed by atoms with Crippen molar-refractivity contribution in [3.05, 3.63) is 59.2 Å². The molecule has 2 aromatic rings. The summed E-state index contributed by atoms with van der Waals surface area (Å²) in [5.41, 5.74) is 0.591. The van der Waals surface area contributed by atoms with Gasteiger partial charge in [0.05, 0.1) is 18.6 Å². The van der Waals surface area contributed by atoms with Crippen molar-refractivity contribution in [1.29, 1.82) is 0 Å². The summed E-state index contributed by atoms with van der Waals surface area (Å²) < 4.78 is 49.4. The maximum atomic E-state index is 12.8. The van der Waals surface area contributed by atoms with Crippen LogP contribution in [-0.4, -0.2) is 31.6 Å². The van der Waals surface area contributed by atoms with Crippen LogP contribution in [-0.2, 0) is 23.9 Å². The number of benzene rings is 2. The Morgan fingerprint density at radius 3 is 2.74 bits per heavy atom. The first-order valence-corrected chi connectivity index (χ1v) is 8.48. The molecule has 0 saturated carbocycles. The predicted octanol–water partition coefficient (Wildman–Crippen LogP) is 3.92. The van der Waals surface area contributed by atoms with Gasteiger partial charge in [0.25, 0.3) is 0 Å². The highest BCUT2D eigenvalue weighted by Gasteiger charge is 2.31. The van der Waals surface area contributed by atoms with Gasteiger partial charge in [-0.3, -0.25) is 4.79 Å². The normalized spacial score (nSPS) is 16.3. The first-order chi connectivity index (χ1) is 12.8.